The first kappa shape index (κ1) is 14.7. The Bertz CT molecular complexity index is 453. The van der Waals surface area contributed by atoms with E-state index in [1.165, 1.54) is 11.3 Å². The van der Waals surface area contributed by atoms with E-state index >= 15 is 0 Å². The fourth-order valence-electron chi connectivity index (χ4n) is 2.36. The van der Waals surface area contributed by atoms with Gasteiger partial charge in [0.2, 0.25) is 5.88 Å². The first-order valence-electron chi connectivity index (χ1n) is 6.97. The molecule has 1 aromatic rings. The van der Waals surface area contributed by atoms with Crippen LogP contribution in [-0.2, 0) is 0 Å². The molecule has 1 aromatic heterocycles. The van der Waals surface area contributed by atoms with Gasteiger partial charge in [-0.2, -0.15) is 0 Å². The second-order valence-electron chi connectivity index (χ2n) is 5.67. The molecule has 0 spiro atoms. The SMILES string of the molecule is CN(C)C(=O)c1ccc(OCC2(N)CCCCC2)nn1. The van der Waals surface area contributed by atoms with Gasteiger partial charge < -0.3 is 15.4 Å². The molecule has 6 heteroatoms. The van der Waals surface area contributed by atoms with Gasteiger partial charge in [-0.1, -0.05) is 19.3 Å². The summed E-state index contributed by atoms with van der Waals surface area (Å²) in [5.41, 5.74) is 6.35. The van der Waals surface area contributed by atoms with Crippen LogP contribution >= 0.6 is 0 Å². The summed E-state index contributed by atoms with van der Waals surface area (Å²) >= 11 is 0. The Kier molecular flexibility index (Phi) is 4.54. The number of rotatable bonds is 4. The minimum atomic E-state index is -0.252. The maximum absolute atomic E-state index is 11.7. The number of amides is 1. The van der Waals surface area contributed by atoms with Gasteiger partial charge in [0.05, 0.1) is 5.54 Å². The second-order valence-corrected chi connectivity index (χ2v) is 5.67. The molecule has 0 aliphatic heterocycles. The van der Waals surface area contributed by atoms with Crippen LogP contribution in [0.4, 0.5) is 0 Å². The molecule has 6 nitrogen and oxygen atoms in total. The molecular weight excluding hydrogens is 256 g/mol. The van der Waals surface area contributed by atoms with Crippen molar-refractivity contribution in [3.8, 4) is 5.88 Å². The van der Waals surface area contributed by atoms with Gasteiger partial charge in [0.25, 0.3) is 5.91 Å². The summed E-state index contributed by atoms with van der Waals surface area (Å²) in [6, 6.07) is 3.28. The van der Waals surface area contributed by atoms with Crippen LogP contribution in [0.2, 0.25) is 0 Å². The number of ether oxygens (including phenoxy) is 1. The van der Waals surface area contributed by atoms with E-state index in [-0.39, 0.29) is 11.4 Å². The highest BCUT2D eigenvalue weighted by molar-refractivity contribution is 5.91. The molecule has 1 saturated carbocycles. The Morgan fingerprint density at radius 1 is 1.30 bits per heavy atom. The van der Waals surface area contributed by atoms with Crippen molar-refractivity contribution in [1.29, 1.82) is 0 Å². The lowest BCUT2D eigenvalue weighted by molar-refractivity contribution is 0.0820. The second kappa shape index (κ2) is 6.17. The molecule has 2 rings (SSSR count). The topological polar surface area (TPSA) is 81.3 Å². The molecule has 0 saturated heterocycles. The Morgan fingerprint density at radius 3 is 2.55 bits per heavy atom. The van der Waals surface area contributed by atoms with Crippen molar-refractivity contribution in [2.24, 2.45) is 5.73 Å². The van der Waals surface area contributed by atoms with Crippen molar-refractivity contribution in [3.05, 3.63) is 17.8 Å². The minimum Gasteiger partial charge on any atom is -0.475 e. The third-order valence-electron chi connectivity index (χ3n) is 3.62. The maximum atomic E-state index is 11.7. The smallest absolute Gasteiger partial charge is 0.273 e. The van der Waals surface area contributed by atoms with E-state index in [4.69, 9.17) is 10.5 Å². The van der Waals surface area contributed by atoms with Crippen LogP contribution in [0.5, 0.6) is 5.88 Å². The van der Waals surface area contributed by atoms with Crippen LogP contribution in [0.15, 0.2) is 12.1 Å². The average molecular weight is 278 g/mol. The largest absolute Gasteiger partial charge is 0.475 e. The van der Waals surface area contributed by atoms with Gasteiger partial charge in [-0.15, -0.1) is 10.2 Å². The van der Waals surface area contributed by atoms with E-state index in [0.29, 0.717) is 18.2 Å². The molecule has 1 amide bonds. The molecule has 0 bridgehead atoms. The summed E-state index contributed by atoms with van der Waals surface area (Å²) in [6.45, 7) is 0.447. The highest BCUT2D eigenvalue weighted by Crippen LogP contribution is 2.26. The number of carbonyl (C=O) groups is 1. The van der Waals surface area contributed by atoms with Gasteiger partial charge in [-0.3, -0.25) is 4.79 Å². The Morgan fingerprint density at radius 2 is 2.00 bits per heavy atom. The number of hydrogen-bond acceptors (Lipinski definition) is 5. The third kappa shape index (κ3) is 3.66. The Hall–Kier alpha value is -1.69. The van der Waals surface area contributed by atoms with Crippen molar-refractivity contribution in [3.63, 3.8) is 0 Å². The van der Waals surface area contributed by atoms with E-state index in [1.54, 1.807) is 26.2 Å². The van der Waals surface area contributed by atoms with E-state index in [1.807, 2.05) is 0 Å². The normalized spacial score (nSPS) is 17.6. The molecule has 110 valence electrons. The number of carbonyl (C=O) groups excluding carboxylic acids is 1. The van der Waals surface area contributed by atoms with Gasteiger partial charge in [0, 0.05) is 20.2 Å². The van der Waals surface area contributed by atoms with Crippen LogP contribution in [0.25, 0.3) is 0 Å². The highest BCUT2D eigenvalue weighted by Gasteiger charge is 2.28. The standard InChI is InChI=1S/C14H22N4O2/c1-18(2)13(19)11-6-7-12(17-16-11)20-10-14(15)8-4-3-5-9-14/h6-7H,3-5,8-10,15H2,1-2H3. The first-order valence-corrected chi connectivity index (χ1v) is 6.97. The van der Waals surface area contributed by atoms with Crippen LogP contribution in [0, 0.1) is 0 Å². The van der Waals surface area contributed by atoms with Crippen LogP contribution in [0.1, 0.15) is 42.6 Å². The molecular formula is C14H22N4O2. The summed E-state index contributed by atoms with van der Waals surface area (Å²) in [5, 5.41) is 7.80. The molecule has 2 N–H and O–H groups in total. The molecule has 0 aromatic carbocycles. The molecule has 1 aliphatic rings. The lowest BCUT2D eigenvalue weighted by Gasteiger charge is -2.32. The van der Waals surface area contributed by atoms with E-state index in [2.05, 4.69) is 10.2 Å². The lowest BCUT2D eigenvalue weighted by atomic mass is 9.83. The number of nitrogens with two attached hydrogens (primary N) is 1. The van der Waals surface area contributed by atoms with E-state index in [9.17, 15) is 4.79 Å². The zero-order valence-electron chi connectivity index (χ0n) is 12.1. The number of nitrogens with zero attached hydrogens (tertiary/aromatic N) is 3. The zero-order valence-corrected chi connectivity index (χ0v) is 12.1. The predicted molar refractivity (Wildman–Crippen MR) is 75.5 cm³/mol. The lowest BCUT2D eigenvalue weighted by Crippen LogP contribution is -2.47. The van der Waals surface area contributed by atoms with Gasteiger partial charge in [0.15, 0.2) is 5.69 Å². The molecule has 1 heterocycles. The Labute approximate surface area is 119 Å². The quantitative estimate of drug-likeness (QED) is 0.895. The molecule has 1 aliphatic carbocycles. The minimum absolute atomic E-state index is 0.174. The number of hydrogen-bond donors (Lipinski definition) is 1. The van der Waals surface area contributed by atoms with Crippen molar-refractivity contribution in [2.75, 3.05) is 20.7 Å². The first-order chi connectivity index (χ1) is 9.50. The molecule has 20 heavy (non-hydrogen) atoms. The predicted octanol–water partition coefficient (Wildman–Crippen LogP) is 1.22. The van der Waals surface area contributed by atoms with E-state index < -0.39 is 0 Å². The van der Waals surface area contributed by atoms with Crippen molar-refractivity contribution in [1.82, 2.24) is 15.1 Å². The van der Waals surface area contributed by atoms with Gasteiger partial charge in [0.1, 0.15) is 6.61 Å². The monoisotopic (exact) mass is 278 g/mol. The summed E-state index contributed by atoms with van der Waals surface area (Å²) < 4.78 is 5.62. The van der Waals surface area contributed by atoms with Crippen LogP contribution in [-0.4, -0.2) is 47.2 Å². The van der Waals surface area contributed by atoms with Gasteiger partial charge >= 0.3 is 0 Å². The van der Waals surface area contributed by atoms with E-state index in [0.717, 1.165) is 25.7 Å². The summed E-state index contributed by atoms with van der Waals surface area (Å²) in [7, 11) is 3.35. The molecule has 0 unspecified atom stereocenters. The van der Waals surface area contributed by atoms with Crippen LogP contribution < -0.4 is 10.5 Å². The molecule has 1 fully saturated rings. The third-order valence-corrected chi connectivity index (χ3v) is 3.62. The average Bonchev–Trinajstić information content (AvgIpc) is 2.46. The fourth-order valence-corrected chi connectivity index (χ4v) is 2.36. The Balaban J connectivity index is 1.92. The van der Waals surface area contributed by atoms with Crippen molar-refractivity contribution >= 4 is 5.91 Å². The number of aromatic nitrogens is 2. The molecule has 0 atom stereocenters. The maximum Gasteiger partial charge on any atom is 0.273 e. The van der Waals surface area contributed by atoms with Gasteiger partial charge in [-0.05, 0) is 18.9 Å². The fraction of sp³-hybridized carbons (Fsp3) is 0.643. The van der Waals surface area contributed by atoms with Crippen molar-refractivity contribution < 1.29 is 9.53 Å². The summed E-state index contributed by atoms with van der Waals surface area (Å²) in [5.74, 6) is 0.238. The zero-order chi connectivity index (χ0) is 14.6. The van der Waals surface area contributed by atoms with Gasteiger partial charge in [-0.25, -0.2) is 0 Å². The molecule has 0 radical (unpaired) electrons. The summed E-state index contributed by atoms with van der Waals surface area (Å²) in [6.07, 6.45) is 5.53. The van der Waals surface area contributed by atoms with Crippen molar-refractivity contribution in [2.45, 2.75) is 37.6 Å². The summed E-state index contributed by atoms with van der Waals surface area (Å²) in [4.78, 5) is 13.1. The van der Waals surface area contributed by atoms with Crippen LogP contribution in [0.3, 0.4) is 0 Å². The highest BCUT2D eigenvalue weighted by atomic mass is 16.5.